The quantitative estimate of drug-likeness (QED) is 0.557. The Labute approximate surface area is 124 Å². The van der Waals surface area contributed by atoms with Crippen LogP contribution in [0.1, 0.15) is 17.0 Å². The summed E-state index contributed by atoms with van der Waals surface area (Å²) in [7, 11) is 1.68. The molecular formula is C15H21N5O. The van der Waals surface area contributed by atoms with Gasteiger partial charge in [0.05, 0.1) is 7.11 Å². The lowest BCUT2D eigenvalue weighted by atomic mass is 10.1. The van der Waals surface area contributed by atoms with Gasteiger partial charge in [0.25, 0.3) is 0 Å². The summed E-state index contributed by atoms with van der Waals surface area (Å²) in [5.74, 6) is 8.48. The minimum absolute atomic E-state index is 0.641. The lowest BCUT2D eigenvalue weighted by Crippen LogP contribution is -2.15. The summed E-state index contributed by atoms with van der Waals surface area (Å²) in [5.41, 5.74) is 4.66. The van der Waals surface area contributed by atoms with E-state index in [-0.39, 0.29) is 0 Å². The molecule has 0 fully saturated rings. The van der Waals surface area contributed by atoms with Crippen LogP contribution in [0, 0.1) is 13.8 Å². The third-order valence-electron chi connectivity index (χ3n) is 3.27. The molecule has 112 valence electrons. The smallest absolute Gasteiger partial charge is 0.148 e. The molecule has 4 N–H and O–H groups in total. The highest BCUT2D eigenvalue weighted by Gasteiger charge is 2.08. The SMILES string of the molecule is COc1ccccc1CCNc1nc(C)nc(NN)c1C. The average molecular weight is 287 g/mol. The van der Waals surface area contributed by atoms with Gasteiger partial charge >= 0.3 is 0 Å². The second-order valence-electron chi connectivity index (χ2n) is 4.73. The van der Waals surface area contributed by atoms with E-state index in [9.17, 15) is 0 Å². The molecule has 0 unspecified atom stereocenters. The molecule has 2 rings (SSSR count). The number of aromatic nitrogens is 2. The normalized spacial score (nSPS) is 10.3. The molecule has 0 radical (unpaired) electrons. The number of anilines is 2. The van der Waals surface area contributed by atoms with E-state index in [0.29, 0.717) is 11.6 Å². The number of methoxy groups -OCH3 is 1. The number of nitrogens with one attached hydrogen (secondary N) is 2. The van der Waals surface area contributed by atoms with Crippen molar-refractivity contribution in [3.8, 4) is 5.75 Å². The van der Waals surface area contributed by atoms with Crippen molar-refractivity contribution in [3.05, 3.63) is 41.2 Å². The van der Waals surface area contributed by atoms with Gasteiger partial charge in [0, 0.05) is 12.1 Å². The van der Waals surface area contributed by atoms with E-state index in [1.54, 1.807) is 7.11 Å². The molecule has 0 atom stereocenters. The van der Waals surface area contributed by atoms with E-state index in [1.807, 2.05) is 32.0 Å². The molecule has 0 aliphatic carbocycles. The highest BCUT2D eigenvalue weighted by molar-refractivity contribution is 5.56. The number of ether oxygens (including phenoxy) is 1. The molecule has 1 heterocycles. The molecule has 0 spiro atoms. The second kappa shape index (κ2) is 6.90. The van der Waals surface area contributed by atoms with E-state index in [2.05, 4.69) is 26.8 Å². The fourth-order valence-corrected chi connectivity index (χ4v) is 2.17. The molecule has 6 nitrogen and oxygen atoms in total. The molecule has 21 heavy (non-hydrogen) atoms. The first-order valence-corrected chi connectivity index (χ1v) is 6.83. The van der Waals surface area contributed by atoms with E-state index < -0.39 is 0 Å². The van der Waals surface area contributed by atoms with Crippen LogP contribution in [0.25, 0.3) is 0 Å². The molecule has 0 amide bonds. The van der Waals surface area contributed by atoms with Gasteiger partial charge in [0.15, 0.2) is 0 Å². The van der Waals surface area contributed by atoms with Gasteiger partial charge in [0.1, 0.15) is 23.2 Å². The number of benzene rings is 1. The molecule has 1 aromatic heterocycles. The maximum Gasteiger partial charge on any atom is 0.148 e. The summed E-state index contributed by atoms with van der Waals surface area (Å²) in [6, 6.07) is 8.00. The van der Waals surface area contributed by atoms with Crippen LogP contribution in [0.4, 0.5) is 11.6 Å². The molecular weight excluding hydrogens is 266 g/mol. The number of hydrogen-bond donors (Lipinski definition) is 3. The van der Waals surface area contributed by atoms with Crippen molar-refractivity contribution >= 4 is 11.6 Å². The van der Waals surface area contributed by atoms with Crippen LogP contribution < -0.4 is 21.3 Å². The van der Waals surface area contributed by atoms with E-state index >= 15 is 0 Å². The van der Waals surface area contributed by atoms with E-state index in [0.717, 1.165) is 35.7 Å². The Bertz CT molecular complexity index is 615. The average Bonchev–Trinajstić information content (AvgIpc) is 2.50. The standard InChI is InChI=1S/C15H21N5O/c1-10-14(18-11(2)19-15(10)20-16)17-9-8-12-6-4-5-7-13(12)21-3/h4-7H,8-9,16H2,1-3H3,(H2,17,18,19,20). The van der Waals surface area contributed by atoms with Crippen molar-refractivity contribution in [2.45, 2.75) is 20.3 Å². The zero-order chi connectivity index (χ0) is 15.2. The maximum absolute atomic E-state index is 5.46. The van der Waals surface area contributed by atoms with Gasteiger partial charge in [-0.3, -0.25) is 0 Å². The minimum Gasteiger partial charge on any atom is -0.496 e. The summed E-state index contributed by atoms with van der Waals surface area (Å²) in [4.78, 5) is 8.64. The lowest BCUT2D eigenvalue weighted by molar-refractivity contribution is 0.410. The highest BCUT2D eigenvalue weighted by Crippen LogP contribution is 2.20. The Hall–Kier alpha value is -2.34. The number of hydrazine groups is 1. The molecule has 6 heteroatoms. The fraction of sp³-hybridized carbons (Fsp3) is 0.333. The van der Waals surface area contributed by atoms with Crippen molar-refractivity contribution in [1.29, 1.82) is 0 Å². The predicted octanol–water partition coefficient (Wildman–Crippen LogP) is 2.04. The zero-order valence-electron chi connectivity index (χ0n) is 12.6. The summed E-state index contributed by atoms with van der Waals surface area (Å²) in [6.07, 6.45) is 0.845. The Morgan fingerprint density at radius 1 is 1.14 bits per heavy atom. The number of para-hydroxylation sites is 1. The van der Waals surface area contributed by atoms with Crippen molar-refractivity contribution < 1.29 is 4.74 Å². The van der Waals surface area contributed by atoms with Crippen molar-refractivity contribution in [3.63, 3.8) is 0 Å². The molecule has 0 bridgehead atoms. The van der Waals surface area contributed by atoms with Gasteiger partial charge < -0.3 is 15.5 Å². The van der Waals surface area contributed by atoms with Gasteiger partial charge in [-0.15, -0.1) is 0 Å². The molecule has 1 aromatic carbocycles. The number of nitrogen functional groups attached to an aromatic ring is 1. The number of aryl methyl sites for hydroxylation is 1. The Morgan fingerprint density at radius 2 is 1.86 bits per heavy atom. The van der Waals surface area contributed by atoms with Gasteiger partial charge in [-0.2, -0.15) is 0 Å². The summed E-state index contributed by atoms with van der Waals surface area (Å²) < 4.78 is 5.35. The first-order valence-electron chi connectivity index (χ1n) is 6.83. The van der Waals surface area contributed by atoms with Gasteiger partial charge in [-0.05, 0) is 31.9 Å². The highest BCUT2D eigenvalue weighted by atomic mass is 16.5. The third kappa shape index (κ3) is 3.61. The van der Waals surface area contributed by atoms with Crippen LogP contribution in [-0.4, -0.2) is 23.6 Å². The fourth-order valence-electron chi connectivity index (χ4n) is 2.17. The van der Waals surface area contributed by atoms with Gasteiger partial charge in [-0.25, -0.2) is 15.8 Å². The van der Waals surface area contributed by atoms with Crippen LogP contribution >= 0.6 is 0 Å². The topological polar surface area (TPSA) is 85.1 Å². The first kappa shape index (κ1) is 15.1. The van der Waals surface area contributed by atoms with Gasteiger partial charge in [-0.1, -0.05) is 18.2 Å². The monoisotopic (exact) mass is 287 g/mol. The Kier molecular flexibility index (Phi) is 4.94. The Morgan fingerprint density at radius 3 is 2.57 bits per heavy atom. The molecule has 0 aliphatic rings. The predicted molar refractivity (Wildman–Crippen MR) is 84.5 cm³/mol. The largest absolute Gasteiger partial charge is 0.496 e. The van der Waals surface area contributed by atoms with Crippen LogP contribution in [0.15, 0.2) is 24.3 Å². The Balaban J connectivity index is 2.05. The minimum atomic E-state index is 0.641. The van der Waals surface area contributed by atoms with Crippen molar-refractivity contribution in [1.82, 2.24) is 9.97 Å². The van der Waals surface area contributed by atoms with Crippen LogP contribution in [0.3, 0.4) is 0 Å². The number of nitrogens with zero attached hydrogens (tertiary/aromatic N) is 2. The molecule has 2 aromatic rings. The van der Waals surface area contributed by atoms with Crippen molar-refractivity contribution in [2.75, 3.05) is 24.4 Å². The summed E-state index contributed by atoms with van der Waals surface area (Å²) in [6.45, 7) is 4.52. The van der Waals surface area contributed by atoms with E-state index in [1.165, 1.54) is 0 Å². The number of nitrogens with two attached hydrogens (primary N) is 1. The van der Waals surface area contributed by atoms with Crippen molar-refractivity contribution in [2.24, 2.45) is 5.84 Å². The van der Waals surface area contributed by atoms with Crippen LogP contribution in [-0.2, 0) is 6.42 Å². The number of rotatable bonds is 6. The zero-order valence-corrected chi connectivity index (χ0v) is 12.6. The molecule has 0 saturated carbocycles. The molecule has 0 saturated heterocycles. The third-order valence-corrected chi connectivity index (χ3v) is 3.27. The van der Waals surface area contributed by atoms with Crippen LogP contribution in [0.5, 0.6) is 5.75 Å². The van der Waals surface area contributed by atoms with E-state index in [4.69, 9.17) is 10.6 Å². The second-order valence-corrected chi connectivity index (χ2v) is 4.73. The molecule has 0 aliphatic heterocycles. The number of hydrogen-bond acceptors (Lipinski definition) is 6. The maximum atomic E-state index is 5.46. The first-order chi connectivity index (χ1) is 10.2. The summed E-state index contributed by atoms with van der Waals surface area (Å²) >= 11 is 0. The lowest BCUT2D eigenvalue weighted by Gasteiger charge is -2.13. The summed E-state index contributed by atoms with van der Waals surface area (Å²) in [5, 5.41) is 3.33. The van der Waals surface area contributed by atoms with Gasteiger partial charge in [0.2, 0.25) is 0 Å². The van der Waals surface area contributed by atoms with Crippen LogP contribution in [0.2, 0.25) is 0 Å².